The Morgan fingerprint density at radius 1 is 1.16 bits per heavy atom. The normalized spacial score (nSPS) is 9.95. The zero-order chi connectivity index (χ0) is 13.7. The van der Waals surface area contributed by atoms with Crippen molar-refractivity contribution in [2.75, 3.05) is 12.8 Å². The van der Waals surface area contributed by atoms with Crippen LogP contribution < -0.4 is 10.5 Å². The van der Waals surface area contributed by atoms with Crippen LogP contribution in [0, 0.1) is 0 Å². The predicted molar refractivity (Wildman–Crippen MR) is 73.0 cm³/mol. The number of nitrogen functional groups attached to an aromatic ring is 1. The Kier molecular flexibility index (Phi) is 4.03. The Hall–Kier alpha value is -2.49. The van der Waals surface area contributed by atoms with Crippen molar-refractivity contribution in [2.24, 2.45) is 0 Å². The predicted octanol–water partition coefficient (Wildman–Crippen LogP) is 2.63. The van der Waals surface area contributed by atoms with Gasteiger partial charge in [-0.2, -0.15) is 0 Å². The molecule has 0 saturated carbocycles. The third-order valence-electron chi connectivity index (χ3n) is 2.68. The highest BCUT2D eigenvalue weighted by molar-refractivity contribution is 5.90. The number of hydrogen-bond donors (Lipinski definition) is 1. The second kappa shape index (κ2) is 5.91. The SMILES string of the molecule is COc1cc(C(=O)OCc2ccccc2)ccc1N. The second-order valence-corrected chi connectivity index (χ2v) is 4.02. The first kappa shape index (κ1) is 13.0. The molecule has 4 nitrogen and oxygen atoms in total. The third-order valence-corrected chi connectivity index (χ3v) is 2.68. The van der Waals surface area contributed by atoms with Crippen LogP contribution in [0.25, 0.3) is 0 Å². The molecule has 0 fully saturated rings. The van der Waals surface area contributed by atoms with E-state index in [1.54, 1.807) is 18.2 Å². The molecule has 2 aromatic rings. The second-order valence-electron chi connectivity index (χ2n) is 4.02. The number of benzene rings is 2. The fourth-order valence-electron chi connectivity index (χ4n) is 1.64. The van der Waals surface area contributed by atoms with Gasteiger partial charge >= 0.3 is 5.97 Å². The highest BCUT2D eigenvalue weighted by Crippen LogP contribution is 2.22. The molecule has 0 heterocycles. The van der Waals surface area contributed by atoms with E-state index in [4.69, 9.17) is 15.2 Å². The Balaban J connectivity index is 2.04. The minimum Gasteiger partial charge on any atom is -0.495 e. The van der Waals surface area contributed by atoms with Crippen molar-refractivity contribution in [3.8, 4) is 5.75 Å². The minimum absolute atomic E-state index is 0.242. The summed E-state index contributed by atoms with van der Waals surface area (Å²) in [6.07, 6.45) is 0. The van der Waals surface area contributed by atoms with Crippen LogP contribution in [0.1, 0.15) is 15.9 Å². The maximum Gasteiger partial charge on any atom is 0.338 e. The van der Waals surface area contributed by atoms with Crippen LogP contribution in [0.3, 0.4) is 0 Å². The molecule has 0 radical (unpaired) electrons. The Morgan fingerprint density at radius 2 is 1.89 bits per heavy atom. The first-order chi connectivity index (χ1) is 9.20. The molecular formula is C15H15NO3. The molecule has 2 rings (SSSR count). The molecule has 4 heteroatoms. The zero-order valence-electron chi connectivity index (χ0n) is 10.6. The summed E-state index contributed by atoms with van der Waals surface area (Å²) < 4.78 is 10.3. The van der Waals surface area contributed by atoms with E-state index in [1.165, 1.54) is 7.11 Å². The summed E-state index contributed by atoms with van der Waals surface area (Å²) in [6.45, 7) is 0.242. The summed E-state index contributed by atoms with van der Waals surface area (Å²) in [5.41, 5.74) is 7.54. The molecule has 2 N–H and O–H groups in total. The number of hydrogen-bond acceptors (Lipinski definition) is 4. The summed E-state index contributed by atoms with van der Waals surface area (Å²) in [5, 5.41) is 0. The number of carbonyl (C=O) groups is 1. The third kappa shape index (κ3) is 3.25. The average molecular weight is 257 g/mol. The number of ether oxygens (including phenoxy) is 2. The van der Waals surface area contributed by atoms with Gasteiger partial charge < -0.3 is 15.2 Å². The Labute approximate surface area is 111 Å². The summed E-state index contributed by atoms with van der Waals surface area (Å²) in [7, 11) is 1.50. The molecule has 0 amide bonds. The largest absolute Gasteiger partial charge is 0.495 e. The van der Waals surface area contributed by atoms with E-state index in [0.29, 0.717) is 17.0 Å². The number of carbonyl (C=O) groups excluding carboxylic acids is 1. The van der Waals surface area contributed by atoms with Gasteiger partial charge in [0.25, 0.3) is 0 Å². The summed E-state index contributed by atoms with van der Waals surface area (Å²) in [5.74, 6) is 0.0660. The van der Waals surface area contributed by atoms with Gasteiger partial charge in [-0.1, -0.05) is 30.3 Å². The van der Waals surface area contributed by atoms with E-state index in [1.807, 2.05) is 30.3 Å². The van der Waals surface area contributed by atoms with Gasteiger partial charge in [-0.25, -0.2) is 4.79 Å². The number of rotatable bonds is 4. The lowest BCUT2D eigenvalue weighted by molar-refractivity contribution is 0.0472. The number of methoxy groups -OCH3 is 1. The summed E-state index contributed by atoms with van der Waals surface area (Å²) in [4.78, 5) is 11.9. The average Bonchev–Trinajstić information content (AvgIpc) is 2.46. The van der Waals surface area contributed by atoms with E-state index < -0.39 is 5.97 Å². The molecule has 0 aliphatic carbocycles. The molecule has 0 spiro atoms. The van der Waals surface area contributed by atoms with Gasteiger partial charge in [-0.3, -0.25) is 0 Å². The van der Waals surface area contributed by atoms with Crippen LogP contribution in [-0.2, 0) is 11.3 Å². The fraction of sp³-hybridized carbons (Fsp3) is 0.133. The van der Waals surface area contributed by atoms with E-state index in [-0.39, 0.29) is 6.61 Å². The molecule has 19 heavy (non-hydrogen) atoms. The maximum atomic E-state index is 11.9. The molecule has 2 aromatic carbocycles. The van der Waals surface area contributed by atoms with Crippen molar-refractivity contribution < 1.29 is 14.3 Å². The fourth-order valence-corrected chi connectivity index (χ4v) is 1.64. The zero-order valence-corrected chi connectivity index (χ0v) is 10.6. The van der Waals surface area contributed by atoms with Crippen molar-refractivity contribution in [3.63, 3.8) is 0 Å². The van der Waals surface area contributed by atoms with Crippen LogP contribution in [0.15, 0.2) is 48.5 Å². The topological polar surface area (TPSA) is 61.5 Å². The van der Waals surface area contributed by atoms with Crippen molar-refractivity contribution in [1.29, 1.82) is 0 Å². The van der Waals surface area contributed by atoms with Gasteiger partial charge in [0.1, 0.15) is 12.4 Å². The van der Waals surface area contributed by atoms with Crippen LogP contribution >= 0.6 is 0 Å². The molecule has 0 saturated heterocycles. The summed E-state index contributed by atoms with van der Waals surface area (Å²) >= 11 is 0. The van der Waals surface area contributed by atoms with Gasteiger partial charge in [0.05, 0.1) is 18.4 Å². The highest BCUT2D eigenvalue weighted by Gasteiger charge is 2.10. The quantitative estimate of drug-likeness (QED) is 0.675. The van der Waals surface area contributed by atoms with Gasteiger partial charge in [0.2, 0.25) is 0 Å². The van der Waals surface area contributed by atoms with E-state index in [2.05, 4.69) is 0 Å². The van der Waals surface area contributed by atoms with Crippen LogP contribution in [0.5, 0.6) is 5.75 Å². The molecule has 98 valence electrons. The molecule has 0 aliphatic rings. The standard InChI is InChI=1S/C15H15NO3/c1-18-14-9-12(7-8-13(14)16)15(17)19-10-11-5-3-2-4-6-11/h2-9H,10,16H2,1H3. The van der Waals surface area contributed by atoms with Crippen molar-refractivity contribution >= 4 is 11.7 Å². The number of anilines is 1. The lowest BCUT2D eigenvalue weighted by atomic mass is 10.2. The van der Waals surface area contributed by atoms with E-state index in [9.17, 15) is 4.79 Å². The van der Waals surface area contributed by atoms with E-state index >= 15 is 0 Å². The Morgan fingerprint density at radius 3 is 2.58 bits per heavy atom. The van der Waals surface area contributed by atoms with Gasteiger partial charge in [-0.15, -0.1) is 0 Å². The van der Waals surface area contributed by atoms with Gasteiger partial charge in [0.15, 0.2) is 0 Å². The minimum atomic E-state index is -0.401. The van der Waals surface area contributed by atoms with E-state index in [0.717, 1.165) is 5.56 Å². The first-order valence-corrected chi connectivity index (χ1v) is 5.85. The molecule has 0 bridgehead atoms. The van der Waals surface area contributed by atoms with Crippen LogP contribution in [-0.4, -0.2) is 13.1 Å². The number of esters is 1. The smallest absolute Gasteiger partial charge is 0.338 e. The lowest BCUT2D eigenvalue weighted by Gasteiger charge is -2.08. The lowest BCUT2D eigenvalue weighted by Crippen LogP contribution is -2.06. The highest BCUT2D eigenvalue weighted by atomic mass is 16.5. The summed E-state index contributed by atoms with van der Waals surface area (Å²) in [6, 6.07) is 14.3. The monoisotopic (exact) mass is 257 g/mol. The van der Waals surface area contributed by atoms with Gasteiger partial charge in [0, 0.05) is 0 Å². The van der Waals surface area contributed by atoms with Crippen molar-refractivity contribution in [1.82, 2.24) is 0 Å². The van der Waals surface area contributed by atoms with Crippen LogP contribution in [0.4, 0.5) is 5.69 Å². The molecule has 0 atom stereocenters. The van der Waals surface area contributed by atoms with Gasteiger partial charge in [-0.05, 0) is 23.8 Å². The van der Waals surface area contributed by atoms with Crippen molar-refractivity contribution in [2.45, 2.75) is 6.61 Å². The molecule has 0 aliphatic heterocycles. The Bertz CT molecular complexity index is 567. The molecule has 0 unspecified atom stereocenters. The molecule has 0 aromatic heterocycles. The van der Waals surface area contributed by atoms with Crippen molar-refractivity contribution in [3.05, 3.63) is 59.7 Å². The number of nitrogens with two attached hydrogens (primary N) is 1. The maximum absolute atomic E-state index is 11.9. The first-order valence-electron chi connectivity index (χ1n) is 5.85. The van der Waals surface area contributed by atoms with Crippen LogP contribution in [0.2, 0.25) is 0 Å². The molecular weight excluding hydrogens is 242 g/mol.